The fourth-order valence-corrected chi connectivity index (χ4v) is 2.89. The van der Waals surface area contributed by atoms with Crippen molar-refractivity contribution in [2.24, 2.45) is 5.92 Å². The zero-order chi connectivity index (χ0) is 14.2. The quantitative estimate of drug-likeness (QED) is 0.918. The maximum Gasteiger partial charge on any atom is 0.306 e. The van der Waals surface area contributed by atoms with E-state index in [4.69, 9.17) is 14.6 Å². The molecular formula is C14H17BrO4. The number of halogens is 1. The summed E-state index contributed by atoms with van der Waals surface area (Å²) < 4.78 is 11.8. The molecule has 0 saturated carbocycles. The van der Waals surface area contributed by atoms with Crippen LogP contribution in [0.3, 0.4) is 0 Å². The van der Waals surface area contributed by atoms with Gasteiger partial charge in [-0.3, -0.25) is 4.79 Å². The normalized spacial score (nSPS) is 14.8. The first-order chi connectivity index (χ1) is 8.91. The summed E-state index contributed by atoms with van der Waals surface area (Å²) in [5.74, 6) is 0.500. The molecule has 1 heterocycles. The number of carbonyl (C=O) groups is 1. The van der Waals surface area contributed by atoms with E-state index in [0.717, 1.165) is 27.1 Å². The van der Waals surface area contributed by atoms with Gasteiger partial charge in [-0.2, -0.15) is 0 Å². The number of hydrogen-bond donors (Lipinski definition) is 1. The highest BCUT2D eigenvalue weighted by molar-refractivity contribution is 9.10. The lowest BCUT2D eigenvalue weighted by Crippen LogP contribution is -2.14. The summed E-state index contributed by atoms with van der Waals surface area (Å²) in [7, 11) is 0. The Bertz CT molecular complexity index is 511. The largest absolute Gasteiger partial charge is 0.481 e. The molecule has 1 aromatic rings. The minimum absolute atomic E-state index is 0.214. The van der Waals surface area contributed by atoms with E-state index in [2.05, 4.69) is 29.8 Å². The van der Waals surface area contributed by atoms with Gasteiger partial charge < -0.3 is 14.6 Å². The van der Waals surface area contributed by atoms with Crippen molar-refractivity contribution >= 4 is 21.9 Å². The molecule has 1 unspecified atom stereocenters. The molecule has 2 rings (SSSR count). The third kappa shape index (κ3) is 2.71. The molecule has 0 fully saturated rings. The van der Waals surface area contributed by atoms with Crippen molar-refractivity contribution in [3.05, 3.63) is 21.7 Å². The molecule has 1 aliphatic rings. The summed E-state index contributed by atoms with van der Waals surface area (Å²) in [6, 6.07) is 1.95. The minimum atomic E-state index is -0.788. The number of carboxylic acid groups (broad SMARTS) is 1. The van der Waals surface area contributed by atoms with Crippen molar-refractivity contribution in [3.63, 3.8) is 0 Å². The van der Waals surface area contributed by atoms with Crippen LogP contribution in [0.5, 0.6) is 11.5 Å². The van der Waals surface area contributed by atoms with Gasteiger partial charge in [0, 0.05) is 5.56 Å². The summed E-state index contributed by atoms with van der Waals surface area (Å²) in [6.45, 7) is 6.07. The molecule has 5 heteroatoms. The van der Waals surface area contributed by atoms with E-state index in [1.807, 2.05) is 6.07 Å². The van der Waals surface area contributed by atoms with E-state index < -0.39 is 11.9 Å². The number of aliphatic carboxylic acids is 1. The fraction of sp³-hybridized carbons (Fsp3) is 0.500. The second-order valence-electron chi connectivity index (χ2n) is 5.09. The first-order valence-corrected chi connectivity index (χ1v) is 7.04. The van der Waals surface area contributed by atoms with Gasteiger partial charge in [-0.25, -0.2) is 0 Å². The Morgan fingerprint density at radius 3 is 2.58 bits per heavy atom. The van der Waals surface area contributed by atoms with E-state index in [1.54, 1.807) is 6.92 Å². The maximum absolute atomic E-state index is 11.0. The van der Waals surface area contributed by atoms with Crippen LogP contribution in [0, 0.1) is 5.92 Å². The van der Waals surface area contributed by atoms with Gasteiger partial charge in [0.2, 0.25) is 6.79 Å². The van der Waals surface area contributed by atoms with Gasteiger partial charge in [-0.1, -0.05) is 20.8 Å². The molecule has 0 amide bonds. The SMILES string of the molecule is CC(Cc1cc(Br)c2c(c1C(C)C)OCO2)C(=O)O. The van der Waals surface area contributed by atoms with Crippen LogP contribution >= 0.6 is 15.9 Å². The molecular weight excluding hydrogens is 312 g/mol. The van der Waals surface area contributed by atoms with Crippen molar-refractivity contribution in [2.75, 3.05) is 6.79 Å². The number of hydrogen-bond acceptors (Lipinski definition) is 3. The Hall–Kier alpha value is -1.23. The van der Waals surface area contributed by atoms with Gasteiger partial charge in [-0.15, -0.1) is 0 Å². The molecule has 0 saturated heterocycles. The molecule has 104 valence electrons. The fourth-order valence-electron chi connectivity index (χ4n) is 2.32. The Labute approximate surface area is 120 Å². The van der Waals surface area contributed by atoms with Crippen molar-refractivity contribution < 1.29 is 19.4 Å². The van der Waals surface area contributed by atoms with E-state index in [-0.39, 0.29) is 12.7 Å². The first kappa shape index (κ1) is 14.2. The van der Waals surface area contributed by atoms with Gasteiger partial charge in [0.05, 0.1) is 10.4 Å². The molecule has 1 N–H and O–H groups in total. The highest BCUT2D eigenvalue weighted by atomic mass is 79.9. The van der Waals surface area contributed by atoms with Crippen LogP contribution < -0.4 is 9.47 Å². The van der Waals surface area contributed by atoms with Crippen molar-refractivity contribution in [3.8, 4) is 11.5 Å². The first-order valence-electron chi connectivity index (χ1n) is 6.25. The molecule has 1 aromatic carbocycles. The second-order valence-corrected chi connectivity index (χ2v) is 5.95. The van der Waals surface area contributed by atoms with Crippen LogP contribution in [0.1, 0.15) is 37.8 Å². The van der Waals surface area contributed by atoms with Crippen molar-refractivity contribution in [1.29, 1.82) is 0 Å². The Balaban J connectivity index is 2.48. The molecule has 4 nitrogen and oxygen atoms in total. The molecule has 0 spiro atoms. The number of fused-ring (bicyclic) bond motifs is 1. The third-order valence-electron chi connectivity index (χ3n) is 3.25. The van der Waals surface area contributed by atoms with Crippen LogP contribution in [-0.4, -0.2) is 17.9 Å². The summed E-state index contributed by atoms with van der Waals surface area (Å²) in [5, 5.41) is 9.07. The molecule has 0 radical (unpaired) electrons. The van der Waals surface area contributed by atoms with Crippen molar-refractivity contribution in [2.45, 2.75) is 33.1 Å². The van der Waals surface area contributed by atoms with Gasteiger partial charge >= 0.3 is 5.97 Å². The molecule has 0 aromatic heterocycles. The lowest BCUT2D eigenvalue weighted by atomic mass is 9.90. The van der Waals surface area contributed by atoms with Gasteiger partial charge in [-0.05, 0) is 39.9 Å². The van der Waals surface area contributed by atoms with Gasteiger partial charge in [0.25, 0.3) is 0 Å². The zero-order valence-corrected chi connectivity index (χ0v) is 12.8. The van der Waals surface area contributed by atoms with E-state index in [1.165, 1.54) is 0 Å². The van der Waals surface area contributed by atoms with E-state index in [9.17, 15) is 4.79 Å². The lowest BCUT2D eigenvalue weighted by molar-refractivity contribution is -0.141. The average molecular weight is 329 g/mol. The number of rotatable bonds is 4. The summed E-state index contributed by atoms with van der Waals surface area (Å²) >= 11 is 3.46. The predicted octanol–water partition coefficient (Wildman–Crippen LogP) is 3.56. The van der Waals surface area contributed by atoms with Crippen molar-refractivity contribution in [1.82, 2.24) is 0 Å². The summed E-state index contributed by atoms with van der Waals surface area (Å²) in [4.78, 5) is 11.0. The van der Waals surface area contributed by atoms with Crippen LogP contribution in [0.15, 0.2) is 10.5 Å². The van der Waals surface area contributed by atoms with Gasteiger partial charge in [0.15, 0.2) is 11.5 Å². The zero-order valence-electron chi connectivity index (χ0n) is 11.2. The monoisotopic (exact) mass is 328 g/mol. The van der Waals surface area contributed by atoms with Gasteiger partial charge in [0.1, 0.15) is 0 Å². The van der Waals surface area contributed by atoms with Crippen LogP contribution in [0.4, 0.5) is 0 Å². The maximum atomic E-state index is 11.0. The Kier molecular flexibility index (Phi) is 4.04. The van der Waals surface area contributed by atoms with E-state index in [0.29, 0.717) is 6.42 Å². The predicted molar refractivity (Wildman–Crippen MR) is 74.9 cm³/mol. The highest BCUT2D eigenvalue weighted by Gasteiger charge is 2.27. The molecule has 0 aliphatic carbocycles. The van der Waals surface area contributed by atoms with Crippen LogP contribution in [-0.2, 0) is 11.2 Å². The Morgan fingerprint density at radius 2 is 2.00 bits per heavy atom. The van der Waals surface area contributed by atoms with Crippen LogP contribution in [0.25, 0.3) is 0 Å². The highest BCUT2D eigenvalue weighted by Crippen LogP contribution is 2.46. The number of benzene rings is 1. The number of carboxylic acids is 1. The topological polar surface area (TPSA) is 55.8 Å². The third-order valence-corrected chi connectivity index (χ3v) is 3.84. The smallest absolute Gasteiger partial charge is 0.306 e. The second kappa shape index (κ2) is 5.41. The molecule has 1 atom stereocenters. The Morgan fingerprint density at radius 1 is 1.37 bits per heavy atom. The summed E-state index contributed by atoms with van der Waals surface area (Å²) in [6.07, 6.45) is 0.484. The van der Waals surface area contributed by atoms with E-state index >= 15 is 0 Å². The van der Waals surface area contributed by atoms with Crippen LogP contribution in [0.2, 0.25) is 0 Å². The standard InChI is InChI=1S/C14H17BrO4/c1-7(2)11-9(4-8(3)14(16)17)5-10(15)12-13(11)19-6-18-12/h5,7-8H,4,6H2,1-3H3,(H,16,17). The molecule has 1 aliphatic heterocycles. The average Bonchev–Trinajstić information content (AvgIpc) is 2.77. The number of ether oxygens (including phenoxy) is 2. The lowest BCUT2D eigenvalue weighted by Gasteiger charge is -2.18. The minimum Gasteiger partial charge on any atom is -0.481 e. The molecule has 0 bridgehead atoms. The molecule has 19 heavy (non-hydrogen) atoms. The summed E-state index contributed by atoms with van der Waals surface area (Å²) in [5.41, 5.74) is 2.05.